The largest absolute Gasteiger partial charge is 0.416 e. The first kappa shape index (κ1) is 17.6. The molecule has 0 atom stereocenters. The second kappa shape index (κ2) is 6.38. The maximum absolute atomic E-state index is 12.7. The molecule has 0 spiro atoms. The average molecular weight is 340 g/mol. The lowest BCUT2D eigenvalue weighted by atomic mass is 10.0. The highest BCUT2D eigenvalue weighted by Gasteiger charge is 2.37. The Labute approximate surface area is 128 Å². The molecule has 1 saturated heterocycles. The van der Waals surface area contributed by atoms with Gasteiger partial charge in [-0.1, -0.05) is 0 Å². The van der Waals surface area contributed by atoms with Crippen molar-refractivity contribution in [1.82, 2.24) is 10.2 Å². The monoisotopic (exact) mass is 340 g/mol. The van der Waals surface area contributed by atoms with Crippen molar-refractivity contribution in [1.29, 1.82) is 0 Å². The van der Waals surface area contributed by atoms with Crippen molar-refractivity contribution in [2.45, 2.75) is 25.2 Å². The number of nitrogens with one attached hydrogen (secondary N) is 1. The van der Waals surface area contributed by atoms with Crippen LogP contribution in [0.3, 0.4) is 0 Å². The number of likely N-dealkylation sites (tertiary alicyclic amines) is 1. The highest BCUT2D eigenvalue weighted by Crippen LogP contribution is 2.36. The number of nitrogens with zero attached hydrogens (tertiary/aromatic N) is 1. The third-order valence-corrected chi connectivity index (χ3v) is 3.51. The van der Waals surface area contributed by atoms with Crippen molar-refractivity contribution >= 4 is 5.91 Å². The van der Waals surface area contributed by atoms with Gasteiger partial charge in [0.1, 0.15) is 0 Å². The molecule has 1 fully saturated rings. The zero-order valence-electron chi connectivity index (χ0n) is 11.9. The first-order chi connectivity index (χ1) is 10.6. The summed E-state index contributed by atoms with van der Waals surface area (Å²) in [6.45, 7) is 1.56. The highest BCUT2D eigenvalue weighted by atomic mass is 19.4. The van der Waals surface area contributed by atoms with E-state index in [0.29, 0.717) is 12.1 Å². The Morgan fingerprint density at radius 3 is 1.87 bits per heavy atom. The van der Waals surface area contributed by atoms with Gasteiger partial charge < -0.3 is 5.32 Å². The number of alkyl halides is 6. The first-order valence-electron chi connectivity index (χ1n) is 6.87. The smallest absolute Gasteiger partial charge is 0.339 e. The molecule has 3 nitrogen and oxygen atoms in total. The number of rotatable bonds is 3. The zero-order chi connectivity index (χ0) is 17.3. The van der Waals surface area contributed by atoms with Crippen LogP contribution in [0, 0.1) is 0 Å². The zero-order valence-corrected chi connectivity index (χ0v) is 11.9. The summed E-state index contributed by atoms with van der Waals surface area (Å²) in [6.07, 6.45) is -8.05. The molecule has 1 amide bonds. The van der Waals surface area contributed by atoms with E-state index in [9.17, 15) is 31.1 Å². The number of carbonyl (C=O) groups excluding carboxylic acids is 1. The molecule has 2 rings (SSSR count). The summed E-state index contributed by atoms with van der Waals surface area (Å²) in [5, 5.41) is 2.35. The number of benzene rings is 1. The molecule has 1 aromatic rings. The lowest BCUT2D eigenvalue weighted by molar-refractivity contribution is -0.143. The molecule has 0 saturated carbocycles. The van der Waals surface area contributed by atoms with Crippen LogP contribution in [0.1, 0.15) is 34.3 Å². The Hall–Kier alpha value is -1.77. The van der Waals surface area contributed by atoms with Gasteiger partial charge in [-0.2, -0.15) is 26.3 Å². The fourth-order valence-electron chi connectivity index (χ4n) is 2.31. The van der Waals surface area contributed by atoms with Gasteiger partial charge in [-0.05, 0) is 44.1 Å². The van der Waals surface area contributed by atoms with Crippen molar-refractivity contribution in [2.75, 3.05) is 19.8 Å². The van der Waals surface area contributed by atoms with Gasteiger partial charge in [0.25, 0.3) is 5.91 Å². The van der Waals surface area contributed by atoms with Crippen LogP contribution in [0.2, 0.25) is 0 Å². The van der Waals surface area contributed by atoms with Crippen molar-refractivity contribution in [3.63, 3.8) is 0 Å². The summed E-state index contributed by atoms with van der Waals surface area (Å²) in [5.41, 5.74) is -3.66. The van der Waals surface area contributed by atoms with E-state index in [-0.39, 0.29) is 12.7 Å². The highest BCUT2D eigenvalue weighted by molar-refractivity contribution is 5.94. The summed E-state index contributed by atoms with van der Waals surface area (Å²) in [4.78, 5) is 13.7. The average Bonchev–Trinajstić information content (AvgIpc) is 2.95. The van der Waals surface area contributed by atoms with E-state index in [1.807, 2.05) is 4.90 Å². The predicted octanol–water partition coefficient (Wildman–Crippen LogP) is 3.51. The third kappa shape index (κ3) is 4.60. The van der Waals surface area contributed by atoms with Gasteiger partial charge in [-0.3, -0.25) is 9.69 Å². The van der Waals surface area contributed by atoms with E-state index < -0.39 is 35.0 Å². The molecular weight excluding hydrogens is 326 g/mol. The number of halogens is 6. The van der Waals surface area contributed by atoms with Gasteiger partial charge in [-0.15, -0.1) is 0 Å². The number of hydrogen-bond acceptors (Lipinski definition) is 2. The third-order valence-electron chi connectivity index (χ3n) is 3.51. The minimum Gasteiger partial charge on any atom is -0.339 e. The molecule has 1 aromatic carbocycles. The van der Waals surface area contributed by atoms with Crippen molar-refractivity contribution in [2.24, 2.45) is 0 Å². The Bertz CT molecular complexity index is 543. The van der Waals surface area contributed by atoms with E-state index >= 15 is 0 Å². The van der Waals surface area contributed by atoms with Crippen LogP contribution in [0.5, 0.6) is 0 Å². The molecule has 1 N–H and O–H groups in total. The standard InChI is InChI=1S/C14H14F6N2O/c15-13(16,17)10-5-9(6-11(7-10)14(18,19)20)12(23)21-8-22-3-1-2-4-22/h5-7H,1-4,8H2,(H,21,23). The van der Waals surface area contributed by atoms with Gasteiger partial charge >= 0.3 is 12.4 Å². The van der Waals surface area contributed by atoms with Crippen molar-refractivity contribution < 1.29 is 31.1 Å². The molecule has 1 aliphatic heterocycles. The van der Waals surface area contributed by atoms with Crippen LogP contribution in [-0.4, -0.2) is 30.6 Å². The Balaban J connectivity index is 2.23. The van der Waals surface area contributed by atoms with Gasteiger partial charge in [0.2, 0.25) is 0 Å². The van der Waals surface area contributed by atoms with E-state index in [1.54, 1.807) is 0 Å². The van der Waals surface area contributed by atoms with Crippen LogP contribution in [0.15, 0.2) is 18.2 Å². The molecule has 1 aliphatic rings. The fourth-order valence-corrected chi connectivity index (χ4v) is 2.31. The van der Waals surface area contributed by atoms with Crippen molar-refractivity contribution in [3.8, 4) is 0 Å². The molecule has 0 aliphatic carbocycles. The Morgan fingerprint density at radius 2 is 1.43 bits per heavy atom. The normalized spacial score (nSPS) is 16.6. The predicted molar refractivity (Wildman–Crippen MR) is 69.6 cm³/mol. The molecule has 9 heteroatoms. The van der Waals surface area contributed by atoms with Crippen LogP contribution in [-0.2, 0) is 12.4 Å². The number of amides is 1. The first-order valence-corrected chi connectivity index (χ1v) is 6.87. The van der Waals surface area contributed by atoms with Crippen molar-refractivity contribution in [3.05, 3.63) is 34.9 Å². The second-order valence-electron chi connectivity index (χ2n) is 5.28. The number of hydrogen-bond donors (Lipinski definition) is 1. The summed E-state index contributed by atoms with van der Waals surface area (Å²) >= 11 is 0. The molecule has 0 aromatic heterocycles. The van der Waals surface area contributed by atoms with E-state index in [1.165, 1.54) is 0 Å². The lowest BCUT2D eigenvalue weighted by Crippen LogP contribution is -2.36. The quantitative estimate of drug-likeness (QED) is 0.854. The van der Waals surface area contributed by atoms with E-state index in [0.717, 1.165) is 25.9 Å². The van der Waals surface area contributed by atoms with Crippen LogP contribution in [0.25, 0.3) is 0 Å². The van der Waals surface area contributed by atoms with E-state index in [4.69, 9.17) is 0 Å². The molecule has 0 bridgehead atoms. The van der Waals surface area contributed by atoms with Crippen LogP contribution in [0.4, 0.5) is 26.3 Å². The topological polar surface area (TPSA) is 32.3 Å². The maximum Gasteiger partial charge on any atom is 0.416 e. The molecule has 1 heterocycles. The molecule has 0 radical (unpaired) electrons. The molecular formula is C14H14F6N2O. The number of carbonyl (C=O) groups is 1. The summed E-state index contributed by atoms with van der Waals surface area (Å²) in [6, 6.07) is 0.848. The van der Waals surface area contributed by atoms with Gasteiger partial charge in [0.15, 0.2) is 0 Å². The maximum atomic E-state index is 12.7. The molecule has 128 valence electrons. The summed E-state index contributed by atoms with van der Waals surface area (Å²) in [5.74, 6) is -0.964. The minimum absolute atomic E-state index is 0.00273. The van der Waals surface area contributed by atoms with E-state index in [2.05, 4.69) is 5.32 Å². The second-order valence-corrected chi connectivity index (χ2v) is 5.28. The minimum atomic E-state index is -4.97. The Morgan fingerprint density at radius 1 is 0.957 bits per heavy atom. The van der Waals surface area contributed by atoms with Crippen LogP contribution < -0.4 is 5.32 Å². The summed E-state index contributed by atoms with van der Waals surface area (Å²) < 4.78 is 76.3. The summed E-state index contributed by atoms with van der Waals surface area (Å²) in [7, 11) is 0. The van der Waals surface area contributed by atoms with Gasteiger partial charge in [0.05, 0.1) is 17.8 Å². The fraction of sp³-hybridized carbons (Fsp3) is 0.500. The Kier molecular flexibility index (Phi) is 4.88. The molecule has 0 unspecified atom stereocenters. The SMILES string of the molecule is O=C(NCN1CCCC1)c1cc(C(F)(F)F)cc(C(F)(F)F)c1. The van der Waals surface area contributed by atoms with Crippen LogP contribution >= 0.6 is 0 Å². The van der Waals surface area contributed by atoms with Gasteiger partial charge in [-0.25, -0.2) is 0 Å². The van der Waals surface area contributed by atoms with Gasteiger partial charge in [0, 0.05) is 5.56 Å². The molecule has 23 heavy (non-hydrogen) atoms. The lowest BCUT2D eigenvalue weighted by Gasteiger charge is -2.17.